The van der Waals surface area contributed by atoms with Gasteiger partial charge in [-0.3, -0.25) is 14.2 Å². The number of nitrogen functional groups attached to an aromatic ring is 1. The number of hydrogen-bond donors (Lipinski definition) is 2. The van der Waals surface area contributed by atoms with Crippen molar-refractivity contribution in [1.82, 2.24) is 9.55 Å². The minimum Gasteiger partial charge on any atom is -0.399 e. The van der Waals surface area contributed by atoms with Crippen molar-refractivity contribution in [2.45, 2.75) is 19.4 Å². The van der Waals surface area contributed by atoms with Gasteiger partial charge in [0.15, 0.2) is 0 Å². The first-order valence-corrected chi connectivity index (χ1v) is 7.49. The number of anilines is 2. The van der Waals surface area contributed by atoms with E-state index >= 15 is 0 Å². The number of nitrogens with two attached hydrogens (primary N) is 1. The minimum absolute atomic E-state index is 0.0816. The molecule has 0 fully saturated rings. The summed E-state index contributed by atoms with van der Waals surface area (Å²) < 4.78 is 2.08. The summed E-state index contributed by atoms with van der Waals surface area (Å²) in [5, 5.41) is 2.77. The Morgan fingerprint density at radius 1 is 1.43 bits per heavy atom. The summed E-state index contributed by atoms with van der Waals surface area (Å²) in [6.45, 7) is 0.465. The fourth-order valence-electron chi connectivity index (χ4n) is 1.83. The number of halogens is 1. The van der Waals surface area contributed by atoms with Gasteiger partial charge in [-0.05, 0) is 47.2 Å². The van der Waals surface area contributed by atoms with Gasteiger partial charge in [0.05, 0.1) is 9.90 Å². The molecule has 0 aliphatic carbocycles. The predicted octanol–water partition coefficient (Wildman–Crippen LogP) is 1.85. The van der Waals surface area contributed by atoms with E-state index in [9.17, 15) is 9.59 Å². The second kappa shape index (κ2) is 7.21. The normalized spacial score (nSPS) is 10.3. The van der Waals surface area contributed by atoms with Crippen molar-refractivity contribution >= 4 is 39.9 Å². The van der Waals surface area contributed by atoms with E-state index in [1.807, 2.05) is 22.6 Å². The number of carbonyl (C=O) groups excluding carboxylic acids is 1. The van der Waals surface area contributed by atoms with Crippen molar-refractivity contribution in [2.24, 2.45) is 0 Å². The van der Waals surface area contributed by atoms with Crippen LogP contribution in [-0.4, -0.2) is 15.5 Å². The van der Waals surface area contributed by atoms with Gasteiger partial charge < -0.3 is 11.1 Å². The lowest BCUT2D eigenvalue weighted by Gasteiger charge is -2.07. The number of nitrogens with zero attached hydrogens (tertiary/aromatic N) is 2. The zero-order valence-corrected chi connectivity index (χ0v) is 13.4. The van der Waals surface area contributed by atoms with E-state index in [4.69, 9.17) is 5.73 Å². The van der Waals surface area contributed by atoms with E-state index in [1.165, 1.54) is 17.1 Å². The summed E-state index contributed by atoms with van der Waals surface area (Å²) in [5.41, 5.74) is 6.84. The first-order valence-electron chi connectivity index (χ1n) is 6.41. The van der Waals surface area contributed by atoms with Gasteiger partial charge in [0.2, 0.25) is 5.91 Å². The van der Waals surface area contributed by atoms with E-state index in [-0.39, 0.29) is 11.5 Å². The molecule has 2 aromatic rings. The van der Waals surface area contributed by atoms with Crippen LogP contribution >= 0.6 is 22.6 Å². The second-order valence-corrected chi connectivity index (χ2v) is 5.68. The van der Waals surface area contributed by atoms with Crippen LogP contribution < -0.4 is 16.6 Å². The van der Waals surface area contributed by atoms with E-state index in [0.717, 1.165) is 0 Å². The van der Waals surface area contributed by atoms with E-state index in [0.29, 0.717) is 34.3 Å². The number of carbonyl (C=O) groups is 1. The lowest BCUT2D eigenvalue weighted by atomic mass is 10.2. The first-order chi connectivity index (χ1) is 10.1. The molecule has 0 unspecified atom stereocenters. The molecule has 0 aliphatic heterocycles. The summed E-state index contributed by atoms with van der Waals surface area (Å²) in [6.07, 6.45) is 3.90. The van der Waals surface area contributed by atoms with Gasteiger partial charge in [-0.1, -0.05) is 6.07 Å². The molecule has 2 rings (SSSR count). The van der Waals surface area contributed by atoms with E-state index in [1.54, 1.807) is 24.3 Å². The molecule has 3 N–H and O–H groups in total. The van der Waals surface area contributed by atoms with E-state index in [2.05, 4.69) is 10.3 Å². The molecule has 1 aromatic carbocycles. The van der Waals surface area contributed by atoms with Crippen LogP contribution in [0, 0.1) is 3.57 Å². The highest BCUT2D eigenvalue weighted by Crippen LogP contribution is 2.12. The number of aryl methyl sites for hydroxylation is 1. The third-order valence-corrected chi connectivity index (χ3v) is 3.57. The standard InChI is InChI=1S/C14H15IN4O2/c15-12-8-17-9-19(14(12)21)6-2-5-13(20)18-11-4-1-3-10(16)7-11/h1,3-4,7-9H,2,5-6,16H2,(H,18,20). The highest BCUT2D eigenvalue weighted by Gasteiger charge is 2.05. The van der Waals surface area contributed by atoms with Crippen molar-refractivity contribution in [1.29, 1.82) is 0 Å². The average molecular weight is 398 g/mol. The summed E-state index contributed by atoms with van der Waals surface area (Å²) in [6, 6.07) is 7.02. The molecule has 0 saturated carbocycles. The first kappa shape index (κ1) is 15.5. The molecular formula is C14H15IN4O2. The fraction of sp³-hybridized carbons (Fsp3) is 0.214. The van der Waals surface area contributed by atoms with Crippen LogP contribution in [0.25, 0.3) is 0 Å². The van der Waals surface area contributed by atoms with Crippen molar-refractivity contribution in [3.05, 3.63) is 50.7 Å². The summed E-state index contributed by atoms with van der Waals surface area (Å²) >= 11 is 1.95. The van der Waals surface area contributed by atoms with Crippen molar-refractivity contribution < 1.29 is 4.79 Å². The maximum Gasteiger partial charge on any atom is 0.266 e. The molecule has 1 aromatic heterocycles. The molecule has 7 heteroatoms. The quantitative estimate of drug-likeness (QED) is 0.594. The van der Waals surface area contributed by atoms with Gasteiger partial charge >= 0.3 is 0 Å². The van der Waals surface area contributed by atoms with Gasteiger partial charge in [-0.2, -0.15) is 0 Å². The molecule has 21 heavy (non-hydrogen) atoms. The third-order valence-electron chi connectivity index (χ3n) is 2.83. The van der Waals surface area contributed by atoms with Crippen LogP contribution in [0.1, 0.15) is 12.8 Å². The molecule has 0 spiro atoms. The Labute approximate surface area is 135 Å². The Bertz CT molecular complexity index is 699. The average Bonchev–Trinajstić information content (AvgIpc) is 2.43. The van der Waals surface area contributed by atoms with Gasteiger partial charge in [-0.25, -0.2) is 4.98 Å². The van der Waals surface area contributed by atoms with Crippen molar-refractivity contribution in [3.8, 4) is 0 Å². The van der Waals surface area contributed by atoms with Crippen LogP contribution in [0.2, 0.25) is 0 Å². The Hall–Kier alpha value is -1.90. The van der Waals surface area contributed by atoms with Crippen molar-refractivity contribution in [3.63, 3.8) is 0 Å². The smallest absolute Gasteiger partial charge is 0.266 e. The molecule has 0 atom stereocenters. The largest absolute Gasteiger partial charge is 0.399 e. The summed E-state index contributed by atoms with van der Waals surface area (Å²) in [7, 11) is 0. The molecule has 1 amide bonds. The van der Waals surface area contributed by atoms with Crippen LogP contribution in [0.3, 0.4) is 0 Å². The second-order valence-electron chi connectivity index (χ2n) is 4.52. The number of hydrogen-bond acceptors (Lipinski definition) is 4. The maximum absolute atomic E-state index is 11.8. The number of rotatable bonds is 5. The third kappa shape index (κ3) is 4.55. The number of aromatic nitrogens is 2. The Kier molecular flexibility index (Phi) is 5.32. The zero-order valence-electron chi connectivity index (χ0n) is 11.3. The van der Waals surface area contributed by atoms with Crippen molar-refractivity contribution in [2.75, 3.05) is 11.1 Å². The SMILES string of the molecule is Nc1cccc(NC(=O)CCCn2cncc(I)c2=O)c1. The van der Waals surface area contributed by atoms with Gasteiger partial charge in [0.1, 0.15) is 0 Å². The predicted molar refractivity (Wildman–Crippen MR) is 89.9 cm³/mol. The molecule has 110 valence electrons. The molecule has 1 heterocycles. The topological polar surface area (TPSA) is 90.0 Å². The zero-order chi connectivity index (χ0) is 15.2. The maximum atomic E-state index is 11.8. The number of nitrogens with one attached hydrogen (secondary N) is 1. The minimum atomic E-state index is -0.104. The summed E-state index contributed by atoms with van der Waals surface area (Å²) in [5.74, 6) is -0.104. The Morgan fingerprint density at radius 2 is 2.24 bits per heavy atom. The Balaban J connectivity index is 1.85. The van der Waals surface area contributed by atoms with Gasteiger partial charge in [-0.15, -0.1) is 0 Å². The molecule has 6 nitrogen and oxygen atoms in total. The fourth-order valence-corrected chi connectivity index (χ4v) is 2.30. The Morgan fingerprint density at radius 3 is 3.00 bits per heavy atom. The van der Waals surface area contributed by atoms with Gasteiger partial charge in [0.25, 0.3) is 5.56 Å². The van der Waals surface area contributed by atoms with Crippen LogP contribution in [0.15, 0.2) is 41.6 Å². The van der Waals surface area contributed by atoms with Crippen LogP contribution in [-0.2, 0) is 11.3 Å². The molecule has 0 saturated heterocycles. The van der Waals surface area contributed by atoms with Gasteiger partial charge in [0, 0.05) is 30.5 Å². The summed E-state index contributed by atoms with van der Waals surface area (Å²) in [4.78, 5) is 27.5. The molecular weight excluding hydrogens is 383 g/mol. The highest BCUT2D eigenvalue weighted by atomic mass is 127. The molecule has 0 radical (unpaired) electrons. The number of benzene rings is 1. The number of amides is 1. The molecule has 0 bridgehead atoms. The highest BCUT2D eigenvalue weighted by molar-refractivity contribution is 14.1. The lowest BCUT2D eigenvalue weighted by molar-refractivity contribution is -0.116. The van der Waals surface area contributed by atoms with E-state index < -0.39 is 0 Å². The van der Waals surface area contributed by atoms with Crippen LogP contribution in [0.5, 0.6) is 0 Å². The monoisotopic (exact) mass is 398 g/mol. The lowest BCUT2D eigenvalue weighted by Crippen LogP contribution is -2.23. The molecule has 0 aliphatic rings. The van der Waals surface area contributed by atoms with Crippen LogP contribution in [0.4, 0.5) is 11.4 Å².